The molecule has 1 aliphatic rings. The number of ether oxygens (including phenoxy) is 1. The molecule has 0 aromatic carbocycles. The summed E-state index contributed by atoms with van der Waals surface area (Å²) in [6.07, 6.45) is 2.35. The highest BCUT2D eigenvalue weighted by atomic mass is 16.5. The first kappa shape index (κ1) is 13.8. The minimum Gasteiger partial charge on any atom is -0.481 e. The van der Waals surface area contributed by atoms with Crippen LogP contribution in [-0.2, 0) is 9.53 Å². The molecule has 0 heterocycles. The third-order valence-electron chi connectivity index (χ3n) is 2.91. The molecule has 1 atom stereocenters. The van der Waals surface area contributed by atoms with Gasteiger partial charge in [0.1, 0.15) is 0 Å². The van der Waals surface area contributed by atoms with Gasteiger partial charge in [0.2, 0.25) is 0 Å². The second-order valence-electron chi connectivity index (χ2n) is 4.36. The second kappa shape index (κ2) is 6.44. The van der Waals surface area contributed by atoms with Gasteiger partial charge in [-0.25, -0.2) is 4.79 Å². The number of nitrogens with one attached hydrogen (secondary N) is 1. The monoisotopic (exact) mass is 244 g/mol. The van der Waals surface area contributed by atoms with Gasteiger partial charge in [0.05, 0.1) is 12.5 Å². The zero-order valence-electron chi connectivity index (χ0n) is 10.3. The van der Waals surface area contributed by atoms with Gasteiger partial charge in [-0.05, 0) is 18.8 Å². The molecule has 0 aliphatic heterocycles. The fourth-order valence-corrected chi connectivity index (χ4v) is 1.60. The Hall–Kier alpha value is -1.30. The molecule has 6 heteroatoms. The first-order chi connectivity index (χ1) is 8.04. The van der Waals surface area contributed by atoms with Gasteiger partial charge in [-0.15, -0.1) is 0 Å². The summed E-state index contributed by atoms with van der Waals surface area (Å²) in [7, 11) is 3.22. The lowest BCUT2D eigenvalue weighted by Crippen LogP contribution is -2.42. The number of hydrogen-bond acceptors (Lipinski definition) is 3. The molecule has 1 aliphatic carbocycles. The first-order valence-electron chi connectivity index (χ1n) is 5.78. The Bertz CT molecular complexity index is 279. The lowest BCUT2D eigenvalue weighted by molar-refractivity contribution is -0.137. The Morgan fingerprint density at radius 3 is 2.65 bits per heavy atom. The zero-order valence-corrected chi connectivity index (χ0v) is 10.3. The summed E-state index contributed by atoms with van der Waals surface area (Å²) in [4.78, 5) is 23.3. The number of rotatable bonds is 7. The van der Waals surface area contributed by atoms with Gasteiger partial charge in [-0.3, -0.25) is 4.79 Å². The van der Waals surface area contributed by atoms with E-state index in [1.165, 1.54) is 4.90 Å². The van der Waals surface area contributed by atoms with Crippen molar-refractivity contribution in [2.45, 2.75) is 25.4 Å². The maximum Gasteiger partial charge on any atom is 0.317 e. The molecule has 2 amide bonds. The SMILES string of the molecule is COC(CNC(=O)N(C)CCC(=O)O)C1CC1. The van der Waals surface area contributed by atoms with Gasteiger partial charge in [-0.1, -0.05) is 0 Å². The van der Waals surface area contributed by atoms with E-state index in [-0.39, 0.29) is 25.1 Å². The smallest absolute Gasteiger partial charge is 0.317 e. The Morgan fingerprint density at radius 1 is 1.53 bits per heavy atom. The molecule has 0 saturated heterocycles. The van der Waals surface area contributed by atoms with Crippen LogP contribution in [0.2, 0.25) is 0 Å². The van der Waals surface area contributed by atoms with Crippen LogP contribution in [0.15, 0.2) is 0 Å². The highest BCUT2D eigenvalue weighted by Crippen LogP contribution is 2.33. The molecule has 0 radical (unpaired) electrons. The minimum absolute atomic E-state index is 0.0414. The molecule has 0 aromatic heterocycles. The molecule has 1 saturated carbocycles. The molecule has 1 rings (SSSR count). The zero-order chi connectivity index (χ0) is 12.8. The van der Waals surface area contributed by atoms with E-state index in [0.29, 0.717) is 12.5 Å². The van der Waals surface area contributed by atoms with Crippen molar-refractivity contribution in [2.75, 3.05) is 27.2 Å². The average Bonchev–Trinajstić information content (AvgIpc) is 3.10. The van der Waals surface area contributed by atoms with Crippen molar-refractivity contribution >= 4 is 12.0 Å². The predicted molar refractivity (Wildman–Crippen MR) is 61.8 cm³/mol. The number of carbonyl (C=O) groups excluding carboxylic acids is 1. The third kappa shape index (κ3) is 5.04. The van der Waals surface area contributed by atoms with Crippen LogP contribution in [0.4, 0.5) is 4.79 Å². The van der Waals surface area contributed by atoms with E-state index in [1.807, 2.05) is 0 Å². The summed E-state index contributed by atoms with van der Waals surface area (Å²) < 4.78 is 5.28. The molecule has 0 spiro atoms. The van der Waals surface area contributed by atoms with Crippen LogP contribution in [0.5, 0.6) is 0 Å². The van der Waals surface area contributed by atoms with Crippen molar-refractivity contribution in [3.8, 4) is 0 Å². The summed E-state index contributed by atoms with van der Waals surface area (Å²) >= 11 is 0. The maximum atomic E-state index is 11.6. The fourth-order valence-electron chi connectivity index (χ4n) is 1.60. The summed E-state index contributed by atoms with van der Waals surface area (Å²) in [6.45, 7) is 0.694. The number of carboxylic acids is 1. The van der Waals surface area contributed by atoms with Crippen molar-refractivity contribution in [1.29, 1.82) is 0 Å². The van der Waals surface area contributed by atoms with Crippen LogP contribution < -0.4 is 5.32 Å². The number of urea groups is 1. The van der Waals surface area contributed by atoms with Crippen molar-refractivity contribution in [2.24, 2.45) is 5.92 Å². The van der Waals surface area contributed by atoms with E-state index in [1.54, 1.807) is 14.2 Å². The first-order valence-corrected chi connectivity index (χ1v) is 5.78. The summed E-state index contributed by atoms with van der Waals surface area (Å²) in [5, 5.41) is 11.3. The Kier molecular flexibility index (Phi) is 5.21. The molecule has 0 bridgehead atoms. The van der Waals surface area contributed by atoms with Crippen molar-refractivity contribution in [3.05, 3.63) is 0 Å². The number of amides is 2. The molecule has 2 N–H and O–H groups in total. The Balaban J connectivity index is 2.20. The summed E-state index contributed by atoms with van der Waals surface area (Å²) in [6, 6.07) is -0.256. The molecular formula is C11H20N2O4. The van der Waals surface area contributed by atoms with Crippen LogP contribution in [0.1, 0.15) is 19.3 Å². The van der Waals surface area contributed by atoms with Crippen molar-refractivity contribution in [1.82, 2.24) is 10.2 Å². The van der Waals surface area contributed by atoms with Crippen LogP contribution in [0.25, 0.3) is 0 Å². The van der Waals surface area contributed by atoms with Gasteiger partial charge in [0.25, 0.3) is 0 Å². The maximum absolute atomic E-state index is 11.6. The van der Waals surface area contributed by atoms with Gasteiger partial charge in [-0.2, -0.15) is 0 Å². The van der Waals surface area contributed by atoms with Crippen LogP contribution in [0, 0.1) is 5.92 Å². The average molecular weight is 244 g/mol. The van der Waals surface area contributed by atoms with Crippen LogP contribution >= 0.6 is 0 Å². The highest BCUT2D eigenvalue weighted by molar-refractivity contribution is 5.75. The largest absolute Gasteiger partial charge is 0.481 e. The van der Waals surface area contributed by atoms with Gasteiger partial charge in [0.15, 0.2) is 0 Å². The van der Waals surface area contributed by atoms with E-state index in [4.69, 9.17) is 9.84 Å². The predicted octanol–water partition coefficient (Wildman–Crippen LogP) is 0.527. The molecule has 6 nitrogen and oxygen atoms in total. The quantitative estimate of drug-likeness (QED) is 0.684. The second-order valence-corrected chi connectivity index (χ2v) is 4.36. The van der Waals surface area contributed by atoms with Crippen LogP contribution in [-0.4, -0.2) is 55.4 Å². The number of hydrogen-bond donors (Lipinski definition) is 2. The lowest BCUT2D eigenvalue weighted by atomic mass is 10.2. The van der Waals surface area contributed by atoms with Gasteiger partial charge >= 0.3 is 12.0 Å². The molecule has 98 valence electrons. The Morgan fingerprint density at radius 2 is 2.18 bits per heavy atom. The van der Waals surface area contributed by atoms with Crippen molar-refractivity contribution in [3.63, 3.8) is 0 Å². The highest BCUT2D eigenvalue weighted by Gasteiger charge is 2.31. The molecule has 0 aromatic rings. The van der Waals surface area contributed by atoms with Crippen LogP contribution in [0.3, 0.4) is 0 Å². The molecule has 1 fully saturated rings. The van der Waals surface area contributed by atoms with Crippen molar-refractivity contribution < 1.29 is 19.4 Å². The molecule has 17 heavy (non-hydrogen) atoms. The van der Waals surface area contributed by atoms with Gasteiger partial charge in [0, 0.05) is 27.2 Å². The third-order valence-corrected chi connectivity index (χ3v) is 2.91. The number of nitrogens with zero attached hydrogens (tertiary/aromatic N) is 1. The standard InChI is InChI=1S/C11H20N2O4/c1-13(6-5-10(14)15)11(16)12-7-9(17-2)8-3-4-8/h8-9H,3-7H2,1-2H3,(H,12,16)(H,14,15). The number of carbonyl (C=O) groups is 2. The lowest BCUT2D eigenvalue weighted by Gasteiger charge is -2.20. The number of methoxy groups -OCH3 is 1. The van der Waals surface area contributed by atoms with E-state index in [0.717, 1.165) is 12.8 Å². The number of carboxylic acid groups (broad SMARTS) is 1. The fraction of sp³-hybridized carbons (Fsp3) is 0.818. The summed E-state index contributed by atoms with van der Waals surface area (Å²) in [5.41, 5.74) is 0. The van der Waals surface area contributed by atoms with E-state index >= 15 is 0 Å². The van der Waals surface area contributed by atoms with E-state index < -0.39 is 5.97 Å². The topological polar surface area (TPSA) is 78.9 Å². The molecular weight excluding hydrogens is 224 g/mol. The molecule has 1 unspecified atom stereocenters. The number of aliphatic carboxylic acids is 1. The van der Waals surface area contributed by atoms with Gasteiger partial charge < -0.3 is 20.1 Å². The van der Waals surface area contributed by atoms with E-state index in [9.17, 15) is 9.59 Å². The Labute approximate surface area is 101 Å². The summed E-state index contributed by atoms with van der Waals surface area (Å²) in [5.74, 6) is -0.345. The normalized spacial score (nSPS) is 16.4. The van der Waals surface area contributed by atoms with E-state index in [2.05, 4.69) is 5.32 Å². The minimum atomic E-state index is -0.905.